The molecule has 10 heteroatoms. The molecule has 1 atom stereocenters. The first-order valence-corrected chi connectivity index (χ1v) is 8.63. The molecular weight excluding hydrogens is 382 g/mol. The number of amides is 2. The van der Waals surface area contributed by atoms with Crippen molar-refractivity contribution in [3.63, 3.8) is 0 Å². The van der Waals surface area contributed by atoms with Gasteiger partial charge in [-0.1, -0.05) is 17.7 Å². The maximum absolute atomic E-state index is 12.0. The van der Waals surface area contributed by atoms with E-state index in [1.54, 1.807) is 19.1 Å². The summed E-state index contributed by atoms with van der Waals surface area (Å²) < 4.78 is 5.88. The molecule has 1 unspecified atom stereocenters. The number of hydrogen-bond acceptors (Lipinski definition) is 6. The fourth-order valence-corrected chi connectivity index (χ4v) is 3.24. The molecule has 26 heavy (non-hydrogen) atoms. The summed E-state index contributed by atoms with van der Waals surface area (Å²) in [5, 5.41) is 15.7. The molecule has 0 saturated carbocycles. The van der Waals surface area contributed by atoms with Gasteiger partial charge in [-0.05, 0) is 24.6 Å². The smallest absolute Gasteiger partial charge is 0.313 e. The minimum Gasteiger partial charge on any atom is -0.374 e. The molecule has 0 bridgehead atoms. The number of thiophene rings is 1. The Kier molecular flexibility index (Phi) is 6.67. The number of non-ortho nitro benzene ring substituents is 1. The van der Waals surface area contributed by atoms with Gasteiger partial charge in [-0.3, -0.25) is 19.7 Å². The Bertz CT molecular complexity index is 839. The Morgan fingerprint density at radius 2 is 2.04 bits per heavy atom. The average molecular weight is 398 g/mol. The predicted molar refractivity (Wildman–Crippen MR) is 98.6 cm³/mol. The van der Waals surface area contributed by atoms with Gasteiger partial charge in [0.05, 0.1) is 14.9 Å². The lowest BCUT2D eigenvalue weighted by molar-refractivity contribution is -0.384. The van der Waals surface area contributed by atoms with E-state index in [2.05, 4.69) is 10.6 Å². The fourth-order valence-electron chi connectivity index (χ4n) is 2.10. The van der Waals surface area contributed by atoms with E-state index in [-0.39, 0.29) is 17.9 Å². The van der Waals surface area contributed by atoms with E-state index in [0.29, 0.717) is 9.90 Å². The second kappa shape index (κ2) is 8.75. The van der Waals surface area contributed by atoms with Gasteiger partial charge in [0.15, 0.2) is 0 Å². The van der Waals surface area contributed by atoms with Crippen molar-refractivity contribution in [2.45, 2.75) is 13.0 Å². The number of aryl methyl sites for hydroxylation is 1. The number of nitro groups is 1. The summed E-state index contributed by atoms with van der Waals surface area (Å²) in [6.45, 7) is 1.74. The number of methoxy groups -OCH3 is 1. The van der Waals surface area contributed by atoms with Gasteiger partial charge in [0.25, 0.3) is 5.69 Å². The van der Waals surface area contributed by atoms with Gasteiger partial charge in [-0.25, -0.2) is 0 Å². The van der Waals surface area contributed by atoms with Crippen molar-refractivity contribution in [2.24, 2.45) is 0 Å². The molecular formula is C16H16ClN3O5S. The third kappa shape index (κ3) is 5.01. The Balaban J connectivity index is 1.98. The molecule has 0 spiro atoms. The largest absolute Gasteiger partial charge is 0.374 e. The third-order valence-corrected chi connectivity index (χ3v) is 4.85. The molecule has 0 saturated heterocycles. The van der Waals surface area contributed by atoms with E-state index < -0.39 is 22.8 Å². The van der Waals surface area contributed by atoms with E-state index in [9.17, 15) is 19.7 Å². The van der Waals surface area contributed by atoms with Gasteiger partial charge < -0.3 is 15.4 Å². The number of rotatable bonds is 6. The number of carbonyl (C=O) groups excluding carboxylic acids is 2. The fraction of sp³-hybridized carbons (Fsp3) is 0.250. The molecule has 0 aliphatic rings. The molecule has 138 valence electrons. The Labute approximate surface area is 158 Å². The van der Waals surface area contributed by atoms with Crippen LogP contribution in [0, 0.1) is 17.0 Å². The lowest BCUT2D eigenvalue weighted by Crippen LogP contribution is -2.38. The molecule has 0 radical (unpaired) electrons. The number of nitrogens with zero attached hydrogens (tertiary/aromatic N) is 1. The van der Waals surface area contributed by atoms with Crippen LogP contribution in [-0.4, -0.2) is 30.4 Å². The maximum atomic E-state index is 12.0. The molecule has 2 rings (SSSR count). The third-order valence-electron chi connectivity index (χ3n) is 3.53. The Morgan fingerprint density at radius 1 is 1.31 bits per heavy atom. The lowest BCUT2D eigenvalue weighted by atomic mass is 10.2. The first-order valence-electron chi connectivity index (χ1n) is 7.44. The van der Waals surface area contributed by atoms with Gasteiger partial charge in [0, 0.05) is 30.7 Å². The number of hydrogen-bond donors (Lipinski definition) is 2. The summed E-state index contributed by atoms with van der Waals surface area (Å²) in [5.41, 5.74) is 0.618. The molecule has 1 heterocycles. The maximum Gasteiger partial charge on any atom is 0.313 e. The lowest BCUT2D eigenvalue weighted by Gasteiger charge is -2.14. The molecule has 0 aliphatic carbocycles. The van der Waals surface area contributed by atoms with Crippen LogP contribution in [0.1, 0.15) is 16.5 Å². The molecule has 1 aromatic carbocycles. The summed E-state index contributed by atoms with van der Waals surface area (Å²) >= 11 is 7.19. The summed E-state index contributed by atoms with van der Waals surface area (Å²) in [4.78, 5) is 35.1. The number of anilines is 1. The molecule has 2 aromatic rings. The van der Waals surface area contributed by atoms with Gasteiger partial charge in [0.1, 0.15) is 6.10 Å². The second-order valence-corrected chi connectivity index (χ2v) is 7.03. The first-order chi connectivity index (χ1) is 12.3. The minimum absolute atomic E-state index is 0.0769. The van der Waals surface area contributed by atoms with Gasteiger partial charge >= 0.3 is 11.8 Å². The quantitative estimate of drug-likeness (QED) is 0.442. The number of nitro benzene ring substituents is 1. The molecule has 0 aliphatic heterocycles. The van der Waals surface area contributed by atoms with Crippen molar-refractivity contribution in [3.05, 3.63) is 55.2 Å². The predicted octanol–water partition coefficient (Wildman–Crippen LogP) is 3.06. The average Bonchev–Trinajstić information content (AvgIpc) is 3.03. The van der Waals surface area contributed by atoms with Crippen LogP contribution in [0.5, 0.6) is 0 Å². The van der Waals surface area contributed by atoms with Gasteiger partial charge in [-0.15, -0.1) is 11.3 Å². The van der Waals surface area contributed by atoms with E-state index in [4.69, 9.17) is 16.3 Å². The van der Waals surface area contributed by atoms with E-state index >= 15 is 0 Å². The van der Waals surface area contributed by atoms with Crippen LogP contribution >= 0.6 is 22.9 Å². The van der Waals surface area contributed by atoms with Crippen LogP contribution in [0.4, 0.5) is 11.4 Å². The topological polar surface area (TPSA) is 111 Å². The zero-order valence-corrected chi connectivity index (χ0v) is 15.5. The molecule has 8 nitrogen and oxygen atoms in total. The monoisotopic (exact) mass is 397 g/mol. The number of ether oxygens (including phenoxy) is 1. The van der Waals surface area contributed by atoms with Crippen molar-refractivity contribution >= 4 is 46.1 Å². The number of benzene rings is 1. The van der Waals surface area contributed by atoms with Crippen molar-refractivity contribution in [3.8, 4) is 0 Å². The molecule has 2 N–H and O–H groups in total. The van der Waals surface area contributed by atoms with Gasteiger partial charge in [-0.2, -0.15) is 0 Å². The molecule has 2 amide bonds. The zero-order valence-electron chi connectivity index (χ0n) is 13.9. The van der Waals surface area contributed by atoms with Crippen LogP contribution in [0.3, 0.4) is 0 Å². The molecule has 0 fully saturated rings. The molecule has 1 aromatic heterocycles. The van der Waals surface area contributed by atoms with Crippen molar-refractivity contribution in [1.82, 2.24) is 5.32 Å². The summed E-state index contributed by atoms with van der Waals surface area (Å²) in [7, 11) is 1.48. The summed E-state index contributed by atoms with van der Waals surface area (Å²) in [6.07, 6.45) is -0.441. The Hall–Kier alpha value is -2.49. The SMILES string of the molecule is COC(CNC(=O)C(=O)Nc1cc([N+](=O)[O-])ccc1C)c1ccc(Cl)s1. The van der Waals surface area contributed by atoms with E-state index in [0.717, 1.165) is 4.88 Å². The number of carbonyl (C=O) groups is 2. The van der Waals surface area contributed by atoms with Crippen LogP contribution in [0.15, 0.2) is 30.3 Å². The van der Waals surface area contributed by atoms with Crippen LogP contribution in [0.2, 0.25) is 4.34 Å². The van der Waals surface area contributed by atoms with Crippen molar-refractivity contribution in [2.75, 3.05) is 19.0 Å². The summed E-state index contributed by atoms with van der Waals surface area (Å²) in [6, 6.07) is 7.51. The van der Waals surface area contributed by atoms with Gasteiger partial charge in [0.2, 0.25) is 0 Å². The van der Waals surface area contributed by atoms with Crippen LogP contribution in [-0.2, 0) is 14.3 Å². The highest BCUT2D eigenvalue weighted by Crippen LogP contribution is 2.28. The highest BCUT2D eigenvalue weighted by atomic mass is 35.5. The summed E-state index contributed by atoms with van der Waals surface area (Å²) in [5.74, 6) is -1.80. The van der Waals surface area contributed by atoms with E-state index in [1.807, 2.05) is 0 Å². The van der Waals surface area contributed by atoms with E-state index in [1.165, 1.54) is 36.6 Å². The second-order valence-electron chi connectivity index (χ2n) is 5.29. The van der Waals surface area contributed by atoms with Crippen LogP contribution < -0.4 is 10.6 Å². The van der Waals surface area contributed by atoms with Crippen molar-refractivity contribution in [1.29, 1.82) is 0 Å². The normalized spacial score (nSPS) is 11.7. The minimum atomic E-state index is -0.923. The Morgan fingerprint density at radius 3 is 2.62 bits per heavy atom. The highest BCUT2D eigenvalue weighted by Gasteiger charge is 2.19. The number of halogens is 1. The van der Waals surface area contributed by atoms with Crippen LogP contribution in [0.25, 0.3) is 0 Å². The standard InChI is InChI=1S/C16H16ClN3O5S/c1-9-3-4-10(20(23)24)7-11(9)19-16(22)15(21)18-8-12(25-2)13-5-6-14(17)26-13/h3-7,12H,8H2,1-2H3,(H,18,21)(H,19,22). The zero-order chi connectivity index (χ0) is 19.3. The highest BCUT2D eigenvalue weighted by molar-refractivity contribution is 7.16. The number of nitrogens with one attached hydrogen (secondary N) is 2. The van der Waals surface area contributed by atoms with Crippen molar-refractivity contribution < 1.29 is 19.2 Å². The first kappa shape index (κ1) is 19.8.